The van der Waals surface area contributed by atoms with E-state index in [4.69, 9.17) is 16.3 Å². The van der Waals surface area contributed by atoms with Crippen molar-refractivity contribution in [3.05, 3.63) is 0 Å². The fraction of sp³-hybridized carbons (Fsp3) is 1.00. The van der Waals surface area contributed by atoms with Gasteiger partial charge in [0.25, 0.3) is 0 Å². The van der Waals surface area contributed by atoms with Gasteiger partial charge < -0.3 is 9.64 Å². The molecule has 0 radical (unpaired) electrons. The van der Waals surface area contributed by atoms with Gasteiger partial charge in [0.15, 0.2) is 0 Å². The Bertz CT molecular complexity index is 285. The molecule has 2 unspecified atom stereocenters. The number of alkyl halides is 1. The molecule has 2 aliphatic heterocycles. The van der Waals surface area contributed by atoms with Gasteiger partial charge in [-0.1, -0.05) is 6.42 Å². The van der Waals surface area contributed by atoms with Crippen molar-refractivity contribution in [2.45, 2.75) is 57.3 Å². The highest BCUT2D eigenvalue weighted by atomic mass is 35.5. The summed E-state index contributed by atoms with van der Waals surface area (Å²) in [7, 11) is 2.27. The molecule has 3 nitrogen and oxygen atoms in total. The van der Waals surface area contributed by atoms with Crippen LogP contribution in [0.1, 0.15) is 39.5 Å². The van der Waals surface area contributed by atoms with E-state index in [-0.39, 0.29) is 11.7 Å². The van der Waals surface area contributed by atoms with Gasteiger partial charge in [-0.05, 0) is 53.2 Å². The average Bonchev–Trinajstić information content (AvgIpc) is 2.36. The summed E-state index contributed by atoms with van der Waals surface area (Å²) in [6, 6.07) is 0.772. The first-order valence-electron chi connectivity index (χ1n) is 7.66. The summed E-state index contributed by atoms with van der Waals surface area (Å²) >= 11 is 5.99. The van der Waals surface area contributed by atoms with E-state index < -0.39 is 0 Å². The maximum absolute atomic E-state index is 5.99. The van der Waals surface area contributed by atoms with Gasteiger partial charge in [-0.15, -0.1) is 11.6 Å². The Morgan fingerprint density at radius 1 is 1.32 bits per heavy atom. The van der Waals surface area contributed by atoms with Gasteiger partial charge in [-0.2, -0.15) is 0 Å². The van der Waals surface area contributed by atoms with Gasteiger partial charge >= 0.3 is 0 Å². The van der Waals surface area contributed by atoms with Crippen molar-refractivity contribution in [3.63, 3.8) is 0 Å². The molecule has 0 spiro atoms. The third kappa shape index (κ3) is 4.59. The maximum Gasteiger partial charge on any atom is 0.0844 e. The van der Waals surface area contributed by atoms with Crippen LogP contribution in [0.4, 0.5) is 0 Å². The summed E-state index contributed by atoms with van der Waals surface area (Å²) in [6.07, 6.45) is 5.60. The third-order valence-electron chi connectivity index (χ3n) is 4.42. The number of morpholine rings is 1. The van der Waals surface area contributed by atoms with Crippen LogP contribution < -0.4 is 0 Å². The minimum atomic E-state index is -0.0593. The Morgan fingerprint density at radius 3 is 2.79 bits per heavy atom. The monoisotopic (exact) mass is 288 g/mol. The van der Waals surface area contributed by atoms with Crippen molar-refractivity contribution in [2.75, 3.05) is 39.1 Å². The molecule has 0 amide bonds. The second-order valence-electron chi connectivity index (χ2n) is 6.81. The molecule has 2 atom stereocenters. The van der Waals surface area contributed by atoms with Crippen LogP contribution in [0.25, 0.3) is 0 Å². The number of likely N-dealkylation sites (tertiary alicyclic amines) is 1. The Kier molecular flexibility index (Phi) is 5.53. The van der Waals surface area contributed by atoms with Crippen LogP contribution in [0.15, 0.2) is 0 Å². The molecule has 2 saturated heterocycles. The van der Waals surface area contributed by atoms with Crippen molar-refractivity contribution in [1.82, 2.24) is 9.80 Å². The zero-order valence-corrected chi connectivity index (χ0v) is 13.5. The van der Waals surface area contributed by atoms with E-state index in [2.05, 4.69) is 30.7 Å². The highest BCUT2D eigenvalue weighted by Crippen LogP contribution is 2.23. The van der Waals surface area contributed by atoms with Crippen LogP contribution >= 0.6 is 11.6 Å². The lowest BCUT2D eigenvalue weighted by Gasteiger charge is -2.43. The Balaban J connectivity index is 1.81. The molecule has 19 heavy (non-hydrogen) atoms. The zero-order valence-electron chi connectivity index (χ0n) is 12.7. The smallest absolute Gasteiger partial charge is 0.0844 e. The number of hydrogen-bond acceptors (Lipinski definition) is 3. The van der Waals surface area contributed by atoms with Gasteiger partial charge in [-0.25, -0.2) is 0 Å². The first-order valence-corrected chi connectivity index (χ1v) is 8.20. The largest absolute Gasteiger partial charge is 0.368 e. The summed E-state index contributed by atoms with van der Waals surface area (Å²) in [5.74, 6) is 0.600. The Labute approximate surface area is 123 Å². The summed E-state index contributed by atoms with van der Waals surface area (Å²) in [5, 5.41) is 0. The van der Waals surface area contributed by atoms with E-state index in [1.54, 1.807) is 0 Å². The van der Waals surface area contributed by atoms with Gasteiger partial charge in [-0.3, -0.25) is 4.90 Å². The molecule has 2 rings (SSSR count). The van der Waals surface area contributed by atoms with Crippen LogP contribution in [0.3, 0.4) is 0 Å². The van der Waals surface area contributed by atoms with Crippen LogP contribution in [-0.2, 0) is 4.74 Å². The van der Waals surface area contributed by atoms with Crippen LogP contribution in [0, 0.1) is 0 Å². The molecule has 0 saturated carbocycles. The minimum absolute atomic E-state index is 0.0593. The van der Waals surface area contributed by atoms with Crippen LogP contribution in [0.5, 0.6) is 0 Å². The Morgan fingerprint density at radius 2 is 2.11 bits per heavy atom. The molecule has 2 aliphatic rings. The van der Waals surface area contributed by atoms with E-state index in [9.17, 15) is 0 Å². The molecule has 0 aromatic carbocycles. The summed E-state index contributed by atoms with van der Waals surface area (Å²) < 4.78 is 5.98. The Hall–Kier alpha value is 0.170. The lowest BCUT2D eigenvalue weighted by Crippen LogP contribution is -2.54. The van der Waals surface area contributed by atoms with Crippen molar-refractivity contribution in [2.24, 2.45) is 0 Å². The summed E-state index contributed by atoms with van der Waals surface area (Å²) in [4.78, 5) is 5.08. The van der Waals surface area contributed by atoms with E-state index in [0.717, 1.165) is 19.1 Å². The second kappa shape index (κ2) is 6.75. The summed E-state index contributed by atoms with van der Waals surface area (Å²) in [5.41, 5.74) is -0.0593. The number of rotatable bonds is 4. The van der Waals surface area contributed by atoms with E-state index in [1.807, 2.05) is 0 Å². The molecular weight excluding hydrogens is 260 g/mol. The first-order chi connectivity index (χ1) is 9.00. The zero-order chi connectivity index (χ0) is 13.9. The van der Waals surface area contributed by atoms with Gasteiger partial charge in [0.1, 0.15) is 0 Å². The molecular formula is C15H29ClN2O. The predicted octanol–water partition coefficient (Wildman–Crippen LogP) is 2.58. The predicted molar refractivity (Wildman–Crippen MR) is 81.0 cm³/mol. The van der Waals surface area contributed by atoms with Gasteiger partial charge in [0.2, 0.25) is 0 Å². The number of ether oxygens (including phenoxy) is 1. The number of nitrogens with zero attached hydrogens (tertiary/aromatic N) is 2. The molecule has 0 N–H and O–H groups in total. The molecule has 4 heteroatoms. The number of hydrogen-bond donors (Lipinski definition) is 0. The molecule has 0 aliphatic carbocycles. The summed E-state index contributed by atoms with van der Waals surface area (Å²) in [6.45, 7) is 8.80. The quantitative estimate of drug-likeness (QED) is 0.740. The van der Waals surface area contributed by atoms with Crippen molar-refractivity contribution < 1.29 is 4.74 Å². The highest BCUT2D eigenvalue weighted by Gasteiger charge is 2.33. The van der Waals surface area contributed by atoms with E-state index in [0.29, 0.717) is 5.88 Å². The second-order valence-corrected chi connectivity index (χ2v) is 7.12. The van der Waals surface area contributed by atoms with Gasteiger partial charge in [0.05, 0.1) is 11.7 Å². The third-order valence-corrected chi connectivity index (χ3v) is 4.77. The molecule has 2 fully saturated rings. The van der Waals surface area contributed by atoms with Gasteiger partial charge in [0, 0.05) is 25.0 Å². The molecule has 0 bridgehead atoms. The number of piperidine rings is 1. The first kappa shape index (κ1) is 15.6. The van der Waals surface area contributed by atoms with Crippen molar-refractivity contribution >= 4 is 11.6 Å². The topological polar surface area (TPSA) is 15.7 Å². The molecule has 0 aromatic heterocycles. The van der Waals surface area contributed by atoms with Crippen molar-refractivity contribution in [1.29, 1.82) is 0 Å². The van der Waals surface area contributed by atoms with E-state index in [1.165, 1.54) is 38.8 Å². The highest BCUT2D eigenvalue weighted by molar-refractivity contribution is 6.18. The number of halogens is 1. The SMILES string of the molecule is CN1CCCCC1CCN1CC(CCl)OC(C)(C)C1. The molecule has 0 aromatic rings. The fourth-order valence-electron chi connectivity index (χ4n) is 3.51. The molecule has 112 valence electrons. The molecule has 2 heterocycles. The van der Waals surface area contributed by atoms with Crippen molar-refractivity contribution in [3.8, 4) is 0 Å². The van der Waals surface area contributed by atoms with Crippen LogP contribution in [-0.4, -0.2) is 66.7 Å². The normalized spacial score (nSPS) is 33.5. The fourth-order valence-corrected chi connectivity index (χ4v) is 3.67. The van der Waals surface area contributed by atoms with Crippen LogP contribution in [0.2, 0.25) is 0 Å². The average molecular weight is 289 g/mol. The lowest BCUT2D eigenvalue weighted by atomic mass is 9.99. The van der Waals surface area contributed by atoms with E-state index >= 15 is 0 Å². The standard InChI is InChI=1S/C15H29ClN2O/c1-15(2)12-18(11-14(10-16)19-15)9-7-13-6-4-5-8-17(13)3/h13-14H,4-12H2,1-3H3. The lowest BCUT2D eigenvalue weighted by molar-refractivity contribution is -0.128. The maximum atomic E-state index is 5.99. The minimum Gasteiger partial charge on any atom is -0.368 e.